The second-order valence-electron chi connectivity index (χ2n) is 14.3. The Bertz CT molecular complexity index is 3020. The highest BCUT2D eigenvalue weighted by Gasteiger charge is 2.27. The Morgan fingerprint density at radius 3 is 2.06 bits per heavy atom. The molecule has 0 spiro atoms. The summed E-state index contributed by atoms with van der Waals surface area (Å²) in [5, 5.41) is 4.95. The first kappa shape index (κ1) is 30.0. The molecule has 53 heavy (non-hydrogen) atoms. The zero-order chi connectivity index (χ0) is 34.9. The third kappa shape index (κ3) is 4.72. The smallest absolute Gasteiger partial charge is 0.135 e. The minimum Gasteiger partial charge on any atom is -0.456 e. The monoisotopic (exact) mass is 677 g/mol. The maximum Gasteiger partial charge on any atom is 0.135 e. The Hall–Kier alpha value is -6.64. The molecular weight excluding hydrogens is 643 g/mol. The van der Waals surface area contributed by atoms with Crippen molar-refractivity contribution in [2.75, 3.05) is 0 Å². The molecular formula is C51H35NO. The molecule has 0 radical (unpaired) electrons. The number of aromatic nitrogens is 1. The van der Waals surface area contributed by atoms with E-state index in [-0.39, 0.29) is 5.92 Å². The van der Waals surface area contributed by atoms with E-state index in [1.807, 2.05) is 0 Å². The number of benzene rings is 8. The first-order chi connectivity index (χ1) is 26.3. The fourth-order valence-electron chi connectivity index (χ4n) is 9.09. The molecule has 0 fully saturated rings. The summed E-state index contributed by atoms with van der Waals surface area (Å²) >= 11 is 0. The topological polar surface area (TPSA) is 18.1 Å². The van der Waals surface area contributed by atoms with Crippen molar-refractivity contribution >= 4 is 43.7 Å². The number of rotatable bonds is 4. The molecule has 2 heteroatoms. The van der Waals surface area contributed by atoms with Crippen LogP contribution in [0.2, 0.25) is 0 Å². The minimum atomic E-state index is 0.237. The Labute approximate surface area is 308 Å². The van der Waals surface area contributed by atoms with E-state index in [2.05, 4.69) is 187 Å². The first-order valence-electron chi connectivity index (χ1n) is 18.6. The summed E-state index contributed by atoms with van der Waals surface area (Å²) in [7, 11) is 0. The quantitative estimate of drug-likeness (QED) is 0.181. The predicted octanol–water partition coefficient (Wildman–Crippen LogP) is 13.8. The molecule has 1 atom stereocenters. The largest absolute Gasteiger partial charge is 0.456 e. The molecule has 0 N–H and O–H groups in total. The van der Waals surface area contributed by atoms with E-state index in [4.69, 9.17) is 4.42 Å². The first-order valence-corrected chi connectivity index (χ1v) is 18.6. The molecule has 1 aliphatic rings. The number of para-hydroxylation sites is 3. The molecule has 0 amide bonds. The van der Waals surface area contributed by atoms with Crippen LogP contribution < -0.4 is 0 Å². The van der Waals surface area contributed by atoms with Crippen LogP contribution in [0.15, 0.2) is 186 Å². The van der Waals surface area contributed by atoms with Crippen molar-refractivity contribution in [3.8, 4) is 39.1 Å². The van der Waals surface area contributed by atoms with Crippen LogP contribution >= 0.6 is 0 Å². The average molecular weight is 678 g/mol. The number of nitrogens with zero attached hydrogens (tertiary/aromatic N) is 1. The zero-order valence-corrected chi connectivity index (χ0v) is 29.2. The molecule has 2 nitrogen and oxygen atoms in total. The van der Waals surface area contributed by atoms with Gasteiger partial charge in [-0.25, -0.2) is 0 Å². The van der Waals surface area contributed by atoms with E-state index in [0.717, 1.165) is 24.0 Å². The SMILES string of the molecule is c1ccc(-c2ccccc2-n2c3ccccc3c3cc(-c4ccc5c(c4)-c4ccccc4CCC5c4cccc5oc6ccccc6c45)ccc32)cc1. The fourth-order valence-corrected chi connectivity index (χ4v) is 9.09. The number of furan rings is 1. The lowest BCUT2D eigenvalue weighted by Crippen LogP contribution is -2.03. The Morgan fingerprint density at radius 1 is 0.434 bits per heavy atom. The minimum absolute atomic E-state index is 0.237. The number of hydrogen-bond donors (Lipinski definition) is 0. The molecule has 250 valence electrons. The van der Waals surface area contributed by atoms with E-state index in [9.17, 15) is 0 Å². The van der Waals surface area contributed by atoms with Gasteiger partial charge in [-0.15, -0.1) is 0 Å². The lowest BCUT2D eigenvalue weighted by molar-refractivity contribution is 0.667. The molecule has 0 bridgehead atoms. The van der Waals surface area contributed by atoms with Crippen LogP contribution in [-0.4, -0.2) is 4.57 Å². The van der Waals surface area contributed by atoms with Gasteiger partial charge in [0.2, 0.25) is 0 Å². The van der Waals surface area contributed by atoms with E-state index in [1.54, 1.807) is 0 Å². The van der Waals surface area contributed by atoms with Crippen molar-refractivity contribution in [2.45, 2.75) is 18.8 Å². The lowest BCUT2D eigenvalue weighted by atomic mass is 9.83. The third-order valence-electron chi connectivity index (χ3n) is 11.5. The van der Waals surface area contributed by atoms with E-state index < -0.39 is 0 Å². The predicted molar refractivity (Wildman–Crippen MR) is 221 cm³/mol. The van der Waals surface area contributed by atoms with Crippen molar-refractivity contribution in [3.63, 3.8) is 0 Å². The van der Waals surface area contributed by atoms with Gasteiger partial charge >= 0.3 is 0 Å². The molecule has 0 saturated carbocycles. The van der Waals surface area contributed by atoms with E-state index >= 15 is 0 Å². The van der Waals surface area contributed by atoms with Crippen molar-refractivity contribution in [1.82, 2.24) is 4.57 Å². The standard InChI is InChI=1S/C51H35NO/c1-2-13-33(14-3-1)38-17-6-9-21-46(38)52-47-22-10-7-18-41(47)45-32-36(27-30-48(45)52)35-26-29-40-39(28-25-34-15-4-5-16-37(34)44(40)31-35)42-20-12-24-50-51(42)43-19-8-11-23-49(43)53-50/h1-24,26-27,29-32,39H,25,28H2. The highest BCUT2D eigenvalue weighted by atomic mass is 16.3. The van der Waals surface area contributed by atoms with Crippen LogP contribution in [-0.2, 0) is 6.42 Å². The van der Waals surface area contributed by atoms with Gasteiger partial charge in [0, 0.05) is 33.0 Å². The molecule has 1 unspecified atom stereocenters. The van der Waals surface area contributed by atoms with Crippen LogP contribution in [0.4, 0.5) is 0 Å². The molecule has 10 aromatic rings. The van der Waals surface area contributed by atoms with Gasteiger partial charge in [0.25, 0.3) is 0 Å². The summed E-state index contributed by atoms with van der Waals surface area (Å²) in [5.41, 5.74) is 17.2. The summed E-state index contributed by atoms with van der Waals surface area (Å²) in [6.45, 7) is 0. The summed E-state index contributed by atoms with van der Waals surface area (Å²) < 4.78 is 8.80. The number of aryl methyl sites for hydroxylation is 1. The lowest BCUT2D eigenvalue weighted by Gasteiger charge is -2.20. The van der Waals surface area contributed by atoms with Gasteiger partial charge in [-0.2, -0.15) is 0 Å². The fraction of sp³-hybridized carbons (Fsp3) is 0.0588. The molecule has 8 aromatic carbocycles. The maximum absolute atomic E-state index is 6.36. The van der Waals surface area contributed by atoms with Crippen LogP contribution in [0.5, 0.6) is 0 Å². The summed E-state index contributed by atoms with van der Waals surface area (Å²) in [6.07, 6.45) is 2.06. The molecule has 0 aliphatic heterocycles. The van der Waals surface area contributed by atoms with Gasteiger partial charge in [-0.1, -0.05) is 140 Å². The highest BCUT2D eigenvalue weighted by Crippen LogP contribution is 2.46. The van der Waals surface area contributed by atoms with Gasteiger partial charge in [0.05, 0.1) is 16.7 Å². The van der Waals surface area contributed by atoms with Crippen molar-refractivity contribution < 1.29 is 4.42 Å². The van der Waals surface area contributed by atoms with Gasteiger partial charge in [-0.05, 0) is 99.8 Å². The van der Waals surface area contributed by atoms with Gasteiger partial charge in [0.15, 0.2) is 0 Å². The molecule has 1 aliphatic carbocycles. The van der Waals surface area contributed by atoms with Crippen molar-refractivity contribution in [1.29, 1.82) is 0 Å². The summed E-state index contributed by atoms with van der Waals surface area (Å²) in [4.78, 5) is 0. The average Bonchev–Trinajstić information content (AvgIpc) is 3.72. The van der Waals surface area contributed by atoms with Gasteiger partial charge < -0.3 is 8.98 Å². The Morgan fingerprint density at radius 2 is 1.13 bits per heavy atom. The van der Waals surface area contributed by atoms with Gasteiger partial charge in [0.1, 0.15) is 11.2 Å². The van der Waals surface area contributed by atoms with Crippen molar-refractivity contribution in [3.05, 3.63) is 199 Å². The molecule has 11 rings (SSSR count). The summed E-state index contributed by atoms with van der Waals surface area (Å²) in [6, 6.07) is 66.6. The molecule has 0 saturated heterocycles. The van der Waals surface area contributed by atoms with Gasteiger partial charge in [-0.3, -0.25) is 0 Å². The molecule has 2 aromatic heterocycles. The zero-order valence-electron chi connectivity index (χ0n) is 29.2. The normalized spacial score (nSPS) is 14.1. The van der Waals surface area contributed by atoms with Crippen LogP contribution in [0.1, 0.15) is 29.0 Å². The Balaban J connectivity index is 1.09. The maximum atomic E-state index is 6.36. The van der Waals surface area contributed by atoms with E-state index in [0.29, 0.717) is 0 Å². The second-order valence-corrected chi connectivity index (χ2v) is 14.3. The molecule has 2 heterocycles. The highest BCUT2D eigenvalue weighted by molar-refractivity contribution is 6.11. The second kappa shape index (κ2) is 12.0. The Kier molecular flexibility index (Phi) is 6.78. The van der Waals surface area contributed by atoms with Crippen LogP contribution in [0, 0.1) is 0 Å². The number of fused-ring (bicyclic) bond motifs is 9. The third-order valence-corrected chi connectivity index (χ3v) is 11.5. The number of hydrogen-bond acceptors (Lipinski definition) is 1. The van der Waals surface area contributed by atoms with Crippen LogP contribution in [0.3, 0.4) is 0 Å². The van der Waals surface area contributed by atoms with Crippen molar-refractivity contribution in [2.24, 2.45) is 0 Å². The summed E-state index contributed by atoms with van der Waals surface area (Å²) in [5.74, 6) is 0.237. The van der Waals surface area contributed by atoms with Crippen LogP contribution in [0.25, 0.3) is 82.8 Å². The van der Waals surface area contributed by atoms with E-state index in [1.165, 1.54) is 88.3 Å².